The molecular weight excluding hydrogens is 430 g/mol. The molecule has 2 aromatic heterocycles. The van der Waals surface area contributed by atoms with Gasteiger partial charge in [-0.3, -0.25) is 4.79 Å². The highest BCUT2D eigenvalue weighted by atomic mass is 32.2. The van der Waals surface area contributed by atoms with E-state index in [4.69, 9.17) is 8.83 Å². The molecule has 3 aromatic rings. The summed E-state index contributed by atoms with van der Waals surface area (Å²) < 4.78 is 11.8. The van der Waals surface area contributed by atoms with Crippen LogP contribution < -0.4 is 10.9 Å². The largest absolute Gasteiger partial charge is 0.480 e. The number of furan rings is 1. The second-order valence-corrected chi connectivity index (χ2v) is 9.36. The summed E-state index contributed by atoms with van der Waals surface area (Å²) in [6, 6.07) is 1.02. The van der Waals surface area contributed by atoms with Gasteiger partial charge in [-0.05, 0) is 63.2 Å². The van der Waals surface area contributed by atoms with E-state index < -0.39 is 23.5 Å². The third-order valence-corrected chi connectivity index (χ3v) is 6.95. The molecule has 0 fully saturated rings. The molecule has 7 nitrogen and oxygen atoms in total. The van der Waals surface area contributed by atoms with Gasteiger partial charge in [0.2, 0.25) is 5.91 Å². The highest BCUT2D eigenvalue weighted by molar-refractivity contribution is 7.98. The van der Waals surface area contributed by atoms with Crippen molar-refractivity contribution in [1.29, 1.82) is 0 Å². The van der Waals surface area contributed by atoms with Gasteiger partial charge in [0.1, 0.15) is 23.0 Å². The molecule has 1 aliphatic carbocycles. The molecule has 1 aliphatic rings. The zero-order valence-electron chi connectivity index (χ0n) is 18.5. The standard InChI is InChI=1S/C24H27NO6S/c1-12-15-10-17-14-6-4-5-7-19(14)30-22(17)13(2)21(15)31-24(29)16(12)11-20(26)25-18(23(27)28)8-9-32-3/h10,18H,4-9,11H2,1-3H3,(H,25,26)(H,27,28)/t18-/m0/s1. The number of fused-ring (bicyclic) bond motifs is 4. The summed E-state index contributed by atoms with van der Waals surface area (Å²) in [6.07, 6.45) is 6.06. The van der Waals surface area contributed by atoms with Crippen molar-refractivity contribution in [3.05, 3.63) is 44.5 Å². The smallest absolute Gasteiger partial charge is 0.340 e. The highest BCUT2D eigenvalue weighted by Gasteiger charge is 2.25. The number of benzene rings is 1. The number of carboxylic acid groups (broad SMARTS) is 1. The van der Waals surface area contributed by atoms with Crippen LogP contribution in [0.2, 0.25) is 0 Å². The lowest BCUT2D eigenvalue weighted by molar-refractivity contribution is -0.141. The third kappa shape index (κ3) is 4.03. The Morgan fingerprint density at radius 2 is 1.84 bits per heavy atom. The van der Waals surface area contributed by atoms with Gasteiger partial charge in [0.15, 0.2) is 0 Å². The van der Waals surface area contributed by atoms with Gasteiger partial charge in [-0.2, -0.15) is 11.8 Å². The lowest BCUT2D eigenvalue weighted by Crippen LogP contribution is -2.42. The molecule has 170 valence electrons. The summed E-state index contributed by atoms with van der Waals surface area (Å²) in [4.78, 5) is 36.8. The van der Waals surface area contributed by atoms with E-state index >= 15 is 0 Å². The number of hydrogen-bond acceptors (Lipinski definition) is 6. The van der Waals surface area contributed by atoms with E-state index in [0.717, 1.165) is 53.4 Å². The minimum atomic E-state index is -1.09. The fourth-order valence-corrected chi connectivity index (χ4v) is 4.99. The zero-order chi connectivity index (χ0) is 23.0. The summed E-state index contributed by atoms with van der Waals surface area (Å²) in [7, 11) is 0. The molecule has 4 rings (SSSR count). The van der Waals surface area contributed by atoms with Crippen LogP contribution in [0, 0.1) is 13.8 Å². The maximum atomic E-state index is 12.8. The number of aryl methyl sites for hydroxylation is 4. The lowest BCUT2D eigenvalue weighted by atomic mass is 9.93. The molecule has 0 bridgehead atoms. The number of rotatable bonds is 7. The van der Waals surface area contributed by atoms with Gasteiger partial charge in [0, 0.05) is 28.3 Å². The summed E-state index contributed by atoms with van der Waals surface area (Å²) in [6.45, 7) is 3.69. The molecule has 32 heavy (non-hydrogen) atoms. The van der Waals surface area contributed by atoms with Gasteiger partial charge in [0.05, 0.1) is 12.0 Å². The van der Waals surface area contributed by atoms with Crippen LogP contribution in [0.3, 0.4) is 0 Å². The van der Waals surface area contributed by atoms with Crippen molar-refractivity contribution < 1.29 is 23.5 Å². The van der Waals surface area contributed by atoms with Crippen molar-refractivity contribution in [1.82, 2.24) is 5.32 Å². The molecule has 0 unspecified atom stereocenters. The van der Waals surface area contributed by atoms with E-state index in [-0.39, 0.29) is 12.0 Å². The second-order valence-electron chi connectivity index (χ2n) is 8.38. The Hall–Kier alpha value is -2.74. The molecular formula is C24H27NO6S. The molecule has 2 heterocycles. The van der Waals surface area contributed by atoms with E-state index in [2.05, 4.69) is 5.32 Å². The van der Waals surface area contributed by atoms with Crippen molar-refractivity contribution in [2.24, 2.45) is 0 Å². The fourth-order valence-electron chi connectivity index (χ4n) is 4.52. The predicted octanol–water partition coefficient (Wildman–Crippen LogP) is 3.90. The van der Waals surface area contributed by atoms with Crippen LogP contribution >= 0.6 is 11.8 Å². The van der Waals surface area contributed by atoms with Gasteiger partial charge in [-0.15, -0.1) is 0 Å². The molecule has 1 aromatic carbocycles. The summed E-state index contributed by atoms with van der Waals surface area (Å²) >= 11 is 1.51. The number of nitrogens with one attached hydrogen (secondary N) is 1. The SMILES string of the molecule is CSCC[C@H](NC(=O)Cc1c(C)c2cc3c4c(oc3c(C)c2oc1=O)CCCC4)C(=O)O. The third-order valence-electron chi connectivity index (χ3n) is 6.31. The quantitative estimate of drug-likeness (QED) is 0.518. The second kappa shape index (κ2) is 9.02. The van der Waals surface area contributed by atoms with Gasteiger partial charge >= 0.3 is 11.6 Å². The van der Waals surface area contributed by atoms with Gasteiger partial charge < -0.3 is 19.3 Å². The van der Waals surface area contributed by atoms with Crippen molar-refractivity contribution in [2.45, 2.75) is 58.4 Å². The van der Waals surface area contributed by atoms with E-state index in [1.165, 1.54) is 17.3 Å². The van der Waals surface area contributed by atoms with Crippen molar-refractivity contribution in [2.75, 3.05) is 12.0 Å². The molecule has 0 aliphatic heterocycles. The van der Waals surface area contributed by atoms with Crippen molar-refractivity contribution in [3.63, 3.8) is 0 Å². The fraction of sp³-hybridized carbons (Fsp3) is 0.458. The Kier molecular flexibility index (Phi) is 6.33. The Morgan fingerprint density at radius 1 is 1.12 bits per heavy atom. The lowest BCUT2D eigenvalue weighted by Gasteiger charge is -2.15. The van der Waals surface area contributed by atoms with E-state index in [1.807, 2.05) is 26.2 Å². The van der Waals surface area contributed by atoms with Crippen LogP contribution in [-0.4, -0.2) is 35.0 Å². The number of carboxylic acids is 1. The van der Waals surface area contributed by atoms with Crippen molar-refractivity contribution >= 4 is 45.6 Å². The minimum absolute atomic E-state index is 0.228. The first kappa shape index (κ1) is 22.5. The molecule has 1 atom stereocenters. The molecule has 0 saturated heterocycles. The first-order valence-electron chi connectivity index (χ1n) is 10.8. The summed E-state index contributed by atoms with van der Waals surface area (Å²) in [5.74, 6) is 0.0250. The Labute approximate surface area is 189 Å². The normalized spacial score (nSPS) is 14.5. The summed E-state index contributed by atoms with van der Waals surface area (Å²) in [5.41, 5.74) is 3.58. The Morgan fingerprint density at radius 3 is 2.56 bits per heavy atom. The van der Waals surface area contributed by atoms with Crippen LogP contribution in [0.15, 0.2) is 19.7 Å². The number of thioether (sulfide) groups is 1. The van der Waals surface area contributed by atoms with Gasteiger partial charge in [-0.1, -0.05) is 0 Å². The van der Waals surface area contributed by atoms with Crippen LogP contribution in [0.5, 0.6) is 0 Å². The van der Waals surface area contributed by atoms with Crippen LogP contribution in [-0.2, 0) is 28.9 Å². The molecule has 0 saturated carbocycles. The number of aliphatic carboxylic acids is 1. The molecule has 1 amide bonds. The first-order chi connectivity index (χ1) is 15.3. The number of carbonyl (C=O) groups is 2. The topological polar surface area (TPSA) is 110 Å². The average molecular weight is 458 g/mol. The number of hydrogen-bond donors (Lipinski definition) is 2. The van der Waals surface area contributed by atoms with Crippen molar-refractivity contribution in [3.8, 4) is 0 Å². The predicted molar refractivity (Wildman–Crippen MR) is 125 cm³/mol. The molecule has 2 N–H and O–H groups in total. The molecule has 0 radical (unpaired) electrons. The van der Waals surface area contributed by atoms with Crippen LogP contribution in [0.4, 0.5) is 0 Å². The molecule has 0 spiro atoms. The maximum Gasteiger partial charge on any atom is 0.340 e. The monoisotopic (exact) mass is 457 g/mol. The van der Waals surface area contributed by atoms with Crippen LogP contribution in [0.1, 0.15) is 47.3 Å². The van der Waals surface area contributed by atoms with Gasteiger partial charge in [0.25, 0.3) is 0 Å². The summed E-state index contributed by atoms with van der Waals surface area (Å²) in [5, 5.41) is 13.7. The molecule has 8 heteroatoms. The minimum Gasteiger partial charge on any atom is -0.480 e. The van der Waals surface area contributed by atoms with E-state index in [1.54, 1.807) is 0 Å². The highest BCUT2D eigenvalue weighted by Crippen LogP contribution is 2.37. The van der Waals surface area contributed by atoms with E-state index in [0.29, 0.717) is 23.3 Å². The maximum absolute atomic E-state index is 12.8. The Bertz CT molecular complexity index is 1270. The van der Waals surface area contributed by atoms with Crippen LogP contribution in [0.25, 0.3) is 21.9 Å². The first-order valence-corrected chi connectivity index (χ1v) is 12.2. The van der Waals surface area contributed by atoms with Gasteiger partial charge in [-0.25, -0.2) is 9.59 Å². The average Bonchev–Trinajstić information content (AvgIpc) is 3.14. The van der Waals surface area contributed by atoms with E-state index in [9.17, 15) is 19.5 Å². The number of carbonyl (C=O) groups excluding carboxylic acids is 1. The Balaban J connectivity index is 1.72. The number of amides is 1. The zero-order valence-corrected chi connectivity index (χ0v) is 19.3.